The predicted octanol–water partition coefficient (Wildman–Crippen LogP) is 3.68. The van der Waals surface area contributed by atoms with Crippen LogP contribution >= 0.6 is 11.6 Å². The van der Waals surface area contributed by atoms with Crippen molar-refractivity contribution in [2.45, 2.75) is 26.3 Å². The molecule has 0 saturated heterocycles. The van der Waals surface area contributed by atoms with Crippen LogP contribution in [0.25, 0.3) is 10.8 Å². The SMILES string of the molecule is CC(C)c1ccc(OCCn2cnnc2)c2cnc(Cl)cc12. The van der Waals surface area contributed by atoms with E-state index in [1.165, 1.54) is 5.56 Å². The molecule has 114 valence electrons. The van der Waals surface area contributed by atoms with E-state index in [1.807, 2.05) is 16.7 Å². The van der Waals surface area contributed by atoms with Crippen LogP contribution in [-0.2, 0) is 6.54 Å². The maximum atomic E-state index is 6.05. The number of fused-ring (bicyclic) bond motifs is 1. The molecule has 0 saturated carbocycles. The molecule has 0 atom stereocenters. The maximum Gasteiger partial charge on any atom is 0.129 e. The lowest BCUT2D eigenvalue weighted by atomic mass is 9.97. The molecule has 0 aliphatic carbocycles. The number of benzene rings is 1. The van der Waals surface area contributed by atoms with E-state index in [2.05, 4.69) is 35.1 Å². The van der Waals surface area contributed by atoms with E-state index in [0.29, 0.717) is 24.2 Å². The standard InChI is InChI=1S/C16H17ClN4O/c1-11(2)12-3-4-15(14-8-18-16(17)7-13(12)14)22-6-5-21-9-19-20-10-21/h3-4,7-11H,5-6H2,1-2H3. The molecule has 0 aliphatic rings. The van der Waals surface area contributed by atoms with E-state index in [9.17, 15) is 0 Å². The molecular weight excluding hydrogens is 300 g/mol. The third kappa shape index (κ3) is 3.04. The topological polar surface area (TPSA) is 52.8 Å². The summed E-state index contributed by atoms with van der Waals surface area (Å²) in [5.41, 5.74) is 1.24. The maximum absolute atomic E-state index is 6.05. The summed E-state index contributed by atoms with van der Waals surface area (Å²) >= 11 is 6.05. The van der Waals surface area contributed by atoms with Crippen LogP contribution in [0.15, 0.2) is 37.1 Å². The lowest BCUT2D eigenvalue weighted by molar-refractivity contribution is 0.301. The molecule has 0 aliphatic heterocycles. The highest BCUT2D eigenvalue weighted by molar-refractivity contribution is 6.30. The molecule has 0 fully saturated rings. The lowest BCUT2D eigenvalue weighted by Crippen LogP contribution is -2.07. The highest BCUT2D eigenvalue weighted by Crippen LogP contribution is 2.33. The van der Waals surface area contributed by atoms with Crippen LogP contribution in [0.4, 0.5) is 0 Å². The summed E-state index contributed by atoms with van der Waals surface area (Å²) in [5.74, 6) is 1.23. The van der Waals surface area contributed by atoms with Crippen LogP contribution in [0, 0.1) is 0 Å². The molecule has 0 radical (unpaired) electrons. The monoisotopic (exact) mass is 316 g/mol. The number of aromatic nitrogens is 4. The van der Waals surface area contributed by atoms with Crippen molar-refractivity contribution < 1.29 is 4.74 Å². The third-order valence-electron chi connectivity index (χ3n) is 3.56. The second-order valence-corrected chi connectivity index (χ2v) is 5.80. The Balaban J connectivity index is 1.88. The summed E-state index contributed by atoms with van der Waals surface area (Å²) in [4.78, 5) is 4.19. The predicted molar refractivity (Wildman–Crippen MR) is 86.4 cm³/mol. The van der Waals surface area contributed by atoms with Crippen LogP contribution in [0.1, 0.15) is 25.3 Å². The van der Waals surface area contributed by atoms with Gasteiger partial charge in [-0.2, -0.15) is 0 Å². The highest BCUT2D eigenvalue weighted by Gasteiger charge is 2.11. The summed E-state index contributed by atoms with van der Waals surface area (Å²) in [7, 11) is 0. The average Bonchev–Trinajstić information content (AvgIpc) is 3.00. The van der Waals surface area contributed by atoms with Gasteiger partial charge in [-0.05, 0) is 29.0 Å². The van der Waals surface area contributed by atoms with E-state index in [4.69, 9.17) is 16.3 Å². The molecule has 1 aromatic carbocycles. The Morgan fingerprint density at radius 2 is 1.95 bits per heavy atom. The largest absolute Gasteiger partial charge is 0.491 e. The number of hydrogen-bond acceptors (Lipinski definition) is 4. The summed E-state index contributed by atoms with van der Waals surface area (Å²) in [6.45, 7) is 5.56. The second kappa shape index (κ2) is 6.32. The second-order valence-electron chi connectivity index (χ2n) is 5.41. The Morgan fingerprint density at radius 3 is 2.68 bits per heavy atom. The zero-order valence-electron chi connectivity index (χ0n) is 12.5. The van der Waals surface area contributed by atoms with Gasteiger partial charge in [0, 0.05) is 11.6 Å². The highest BCUT2D eigenvalue weighted by atomic mass is 35.5. The minimum Gasteiger partial charge on any atom is -0.491 e. The number of halogens is 1. The molecule has 0 bridgehead atoms. The molecule has 3 rings (SSSR count). The van der Waals surface area contributed by atoms with Crippen molar-refractivity contribution in [2.24, 2.45) is 0 Å². The fraction of sp³-hybridized carbons (Fsp3) is 0.312. The van der Waals surface area contributed by atoms with Gasteiger partial charge in [0.25, 0.3) is 0 Å². The van der Waals surface area contributed by atoms with Crippen molar-refractivity contribution >= 4 is 22.4 Å². The average molecular weight is 317 g/mol. The van der Waals surface area contributed by atoms with Crippen molar-refractivity contribution in [3.8, 4) is 5.75 Å². The fourth-order valence-electron chi connectivity index (χ4n) is 2.44. The number of hydrogen-bond donors (Lipinski definition) is 0. The Kier molecular flexibility index (Phi) is 4.24. The number of ether oxygens (including phenoxy) is 1. The van der Waals surface area contributed by atoms with Gasteiger partial charge in [-0.3, -0.25) is 0 Å². The first-order chi connectivity index (χ1) is 10.6. The van der Waals surface area contributed by atoms with Crippen LogP contribution in [0.5, 0.6) is 5.75 Å². The molecule has 6 heteroatoms. The number of nitrogens with zero attached hydrogens (tertiary/aromatic N) is 4. The molecule has 5 nitrogen and oxygen atoms in total. The molecule has 3 aromatic rings. The van der Waals surface area contributed by atoms with Gasteiger partial charge < -0.3 is 9.30 Å². The first kappa shape index (κ1) is 14.8. The molecule has 22 heavy (non-hydrogen) atoms. The Hall–Kier alpha value is -2.14. The van der Waals surface area contributed by atoms with Crippen LogP contribution in [-0.4, -0.2) is 26.4 Å². The van der Waals surface area contributed by atoms with Crippen LogP contribution in [0.3, 0.4) is 0 Å². The summed E-state index contributed by atoms with van der Waals surface area (Å²) in [5, 5.41) is 10.1. The van der Waals surface area contributed by atoms with Gasteiger partial charge in [-0.15, -0.1) is 10.2 Å². The Morgan fingerprint density at radius 1 is 1.18 bits per heavy atom. The van der Waals surface area contributed by atoms with Gasteiger partial charge in [0.1, 0.15) is 30.2 Å². The molecule has 2 aromatic heterocycles. The minimum atomic E-state index is 0.409. The lowest BCUT2D eigenvalue weighted by Gasteiger charge is -2.14. The Labute approximate surface area is 133 Å². The molecule has 0 spiro atoms. The normalized spacial score (nSPS) is 11.3. The van der Waals surface area contributed by atoms with E-state index < -0.39 is 0 Å². The Bertz CT molecular complexity index is 771. The van der Waals surface area contributed by atoms with Crippen molar-refractivity contribution in [3.63, 3.8) is 0 Å². The molecular formula is C16H17ClN4O. The summed E-state index contributed by atoms with van der Waals surface area (Å²) in [6, 6.07) is 6.00. The quantitative estimate of drug-likeness (QED) is 0.674. The summed E-state index contributed by atoms with van der Waals surface area (Å²) in [6.07, 6.45) is 5.12. The van der Waals surface area contributed by atoms with E-state index in [1.54, 1.807) is 18.9 Å². The zero-order valence-corrected chi connectivity index (χ0v) is 13.3. The first-order valence-electron chi connectivity index (χ1n) is 7.18. The van der Waals surface area contributed by atoms with Crippen LogP contribution in [0.2, 0.25) is 5.15 Å². The molecule has 0 unspecified atom stereocenters. The van der Waals surface area contributed by atoms with E-state index in [-0.39, 0.29) is 0 Å². The van der Waals surface area contributed by atoms with Gasteiger partial charge in [0.15, 0.2) is 0 Å². The zero-order chi connectivity index (χ0) is 15.5. The smallest absolute Gasteiger partial charge is 0.129 e. The van der Waals surface area contributed by atoms with E-state index >= 15 is 0 Å². The van der Waals surface area contributed by atoms with Crippen molar-refractivity contribution in [2.75, 3.05) is 6.61 Å². The minimum absolute atomic E-state index is 0.409. The summed E-state index contributed by atoms with van der Waals surface area (Å²) < 4.78 is 7.78. The third-order valence-corrected chi connectivity index (χ3v) is 3.76. The van der Waals surface area contributed by atoms with Crippen molar-refractivity contribution in [3.05, 3.63) is 47.8 Å². The molecule has 2 heterocycles. The molecule has 0 N–H and O–H groups in total. The fourth-order valence-corrected chi connectivity index (χ4v) is 2.60. The number of pyridine rings is 1. The van der Waals surface area contributed by atoms with Crippen LogP contribution < -0.4 is 4.74 Å². The first-order valence-corrected chi connectivity index (χ1v) is 7.56. The van der Waals surface area contributed by atoms with Crippen molar-refractivity contribution in [1.29, 1.82) is 0 Å². The van der Waals surface area contributed by atoms with Gasteiger partial charge in [-0.1, -0.05) is 31.5 Å². The van der Waals surface area contributed by atoms with Gasteiger partial charge >= 0.3 is 0 Å². The van der Waals surface area contributed by atoms with E-state index in [0.717, 1.165) is 16.5 Å². The van der Waals surface area contributed by atoms with Gasteiger partial charge in [0.05, 0.1) is 6.54 Å². The molecule has 0 amide bonds. The van der Waals surface area contributed by atoms with Crippen molar-refractivity contribution in [1.82, 2.24) is 19.7 Å². The van der Waals surface area contributed by atoms with Gasteiger partial charge in [-0.25, -0.2) is 4.98 Å². The van der Waals surface area contributed by atoms with Gasteiger partial charge in [0.2, 0.25) is 0 Å². The number of rotatable bonds is 5.